The van der Waals surface area contributed by atoms with E-state index in [1.807, 2.05) is 44.2 Å². The van der Waals surface area contributed by atoms with Gasteiger partial charge in [0.05, 0.1) is 20.5 Å². The number of hydrogen-bond donors (Lipinski definition) is 0. The molecular weight excluding hydrogens is 401 g/mol. The molecular formula is C15H11ClIN3O. The number of hydrogen-bond acceptors (Lipinski definition) is 4. The number of aryl methyl sites for hydroxylation is 2. The van der Waals surface area contributed by atoms with Crippen LogP contribution in [0.1, 0.15) is 11.5 Å². The van der Waals surface area contributed by atoms with Gasteiger partial charge in [-0.2, -0.15) is 0 Å². The molecule has 0 saturated carbocycles. The SMILES string of the molecule is Cc1noc(C)c1-c1nc(Cl)c(I)c(-c2ccccc2)n1. The zero-order valence-corrected chi connectivity index (χ0v) is 14.3. The lowest BCUT2D eigenvalue weighted by Gasteiger charge is -2.08. The number of halogens is 2. The number of aromatic nitrogens is 3. The van der Waals surface area contributed by atoms with Crippen LogP contribution in [-0.2, 0) is 0 Å². The minimum atomic E-state index is 0.430. The summed E-state index contributed by atoms with van der Waals surface area (Å²) in [6.07, 6.45) is 0. The molecule has 0 fully saturated rings. The van der Waals surface area contributed by atoms with Gasteiger partial charge in [0.2, 0.25) is 0 Å². The molecule has 0 spiro atoms. The van der Waals surface area contributed by atoms with E-state index in [9.17, 15) is 0 Å². The molecule has 0 atom stereocenters. The topological polar surface area (TPSA) is 51.8 Å². The normalized spacial score (nSPS) is 10.9. The Morgan fingerprint density at radius 2 is 1.81 bits per heavy atom. The molecule has 0 saturated heterocycles. The van der Waals surface area contributed by atoms with E-state index in [-0.39, 0.29) is 0 Å². The summed E-state index contributed by atoms with van der Waals surface area (Å²) in [5.74, 6) is 1.22. The zero-order valence-electron chi connectivity index (χ0n) is 11.4. The fourth-order valence-electron chi connectivity index (χ4n) is 2.12. The van der Waals surface area contributed by atoms with Gasteiger partial charge in [-0.1, -0.05) is 47.1 Å². The summed E-state index contributed by atoms with van der Waals surface area (Å²) in [4.78, 5) is 9.03. The van der Waals surface area contributed by atoms with Crippen molar-refractivity contribution in [2.75, 3.05) is 0 Å². The predicted octanol–water partition coefficient (Wildman–Crippen LogP) is 4.67. The van der Waals surface area contributed by atoms with Crippen molar-refractivity contribution in [3.05, 3.63) is 50.5 Å². The highest BCUT2D eigenvalue weighted by Crippen LogP contribution is 2.32. The van der Waals surface area contributed by atoms with Crippen LogP contribution in [0.15, 0.2) is 34.9 Å². The fraction of sp³-hybridized carbons (Fsp3) is 0.133. The Labute approximate surface area is 140 Å². The summed E-state index contributed by atoms with van der Waals surface area (Å²) in [6, 6.07) is 9.90. The molecule has 0 aliphatic carbocycles. The molecule has 0 unspecified atom stereocenters. The summed E-state index contributed by atoms with van der Waals surface area (Å²) in [6.45, 7) is 3.70. The predicted molar refractivity (Wildman–Crippen MR) is 90.2 cm³/mol. The maximum atomic E-state index is 6.28. The van der Waals surface area contributed by atoms with Crippen LogP contribution >= 0.6 is 34.2 Å². The van der Waals surface area contributed by atoms with Crippen LogP contribution in [0.25, 0.3) is 22.6 Å². The van der Waals surface area contributed by atoms with E-state index >= 15 is 0 Å². The first-order chi connectivity index (χ1) is 10.1. The van der Waals surface area contributed by atoms with Crippen LogP contribution in [0.5, 0.6) is 0 Å². The molecule has 0 N–H and O–H groups in total. The molecule has 0 amide bonds. The van der Waals surface area contributed by atoms with Gasteiger partial charge in [0.1, 0.15) is 10.9 Å². The van der Waals surface area contributed by atoms with Crippen molar-refractivity contribution in [2.45, 2.75) is 13.8 Å². The van der Waals surface area contributed by atoms with Crippen molar-refractivity contribution in [3.63, 3.8) is 0 Å². The summed E-state index contributed by atoms with van der Waals surface area (Å²) in [5.41, 5.74) is 3.36. The molecule has 2 aromatic heterocycles. The van der Waals surface area contributed by atoms with E-state index in [2.05, 4.69) is 37.7 Å². The summed E-state index contributed by atoms with van der Waals surface area (Å²) >= 11 is 8.45. The first-order valence-electron chi connectivity index (χ1n) is 6.29. The van der Waals surface area contributed by atoms with Crippen LogP contribution < -0.4 is 0 Å². The Hall–Kier alpha value is -1.47. The van der Waals surface area contributed by atoms with Crippen LogP contribution in [0.2, 0.25) is 5.15 Å². The molecule has 3 aromatic rings. The highest BCUT2D eigenvalue weighted by Gasteiger charge is 2.19. The lowest BCUT2D eigenvalue weighted by molar-refractivity contribution is 0.393. The van der Waals surface area contributed by atoms with Gasteiger partial charge in [0.15, 0.2) is 5.82 Å². The van der Waals surface area contributed by atoms with Crippen LogP contribution in [0.3, 0.4) is 0 Å². The van der Waals surface area contributed by atoms with Gasteiger partial charge in [-0.15, -0.1) is 0 Å². The van der Waals surface area contributed by atoms with E-state index in [0.29, 0.717) is 16.7 Å². The number of benzene rings is 1. The van der Waals surface area contributed by atoms with Crippen LogP contribution in [-0.4, -0.2) is 15.1 Å². The molecule has 1 aromatic carbocycles. The Bertz CT molecular complexity index is 783. The molecule has 2 heterocycles. The zero-order chi connectivity index (χ0) is 15.0. The van der Waals surface area contributed by atoms with Gasteiger partial charge in [0, 0.05) is 5.56 Å². The minimum absolute atomic E-state index is 0.430. The molecule has 6 heteroatoms. The molecule has 0 radical (unpaired) electrons. The van der Waals surface area contributed by atoms with Crippen molar-refractivity contribution >= 4 is 34.2 Å². The van der Waals surface area contributed by atoms with Gasteiger partial charge in [-0.25, -0.2) is 9.97 Å². The number of nitrogens with zero attached hydrogens (tertiary/aromatic N) is 3. The van der Waals surface area contributed by atoms with Gasteiger partial charge >= 0.3 is 0 Å². The third-order valence-electron chi connectivity index (χ3n) is 3.11. The monoisotopic (exact) mass is 411 g/mol. The van der Waals surface area contributed by atoms with Crippen LogP contribution in [0.4, 0.5) is 0 Å². The molecule has 0 bridgehead atoms. The van der Waals surface area contributed by atoms with Gasteiger partial charge in [0.25, 0.3) is 0 Å². The maximum absolute atomic E-state index is 6.28. The average Bonchev–Trinajstić information content (AvgIpc) is 2.82. The highest BCUT2D eigenvalue weighted by molar-refractivity contribution is 14.1. The first kappa shape index (κ1) is 14.5. The molecule has 4 nitrogen and oxygen atoms in total. The standard InChI is InChI=1S/C15H11ClIN3O/c1-8-11(9(2)21-20-8)15-18-13(12(17)14(16)19-15)10-6-4-3-5-7-10/h3-7H,1-2H3. The highest BCUT2D eigenvalue weighted by atomic mass is 127. The summed E-state index contributed by atoms with van der Waals surface area (Å²) in [7, 11) is 0. The van der Waals surface area contributed by atoms with Crippen molar-refractivity contribution in [2.24, 2.45) is 0 Å². The third kappa shape index (κ3) is 2.67. The second-order valence-electron chi connectivity index (χ2n) is 4.57. The van der Waals surface area contributed by atoms with Crippen LogP contribution in [0, 0.1) is 17.4 Å². The Balaban J connectivity index is 2.24. The van der Waals surface area contributed by atoms with Crippen molar-refractivity contribution in [3.8, 4) is 22.6 Å². The molecule has 106 valence electrons. The second kappa shape index (κ2) is 5.73. The molecule has 3 rings (SSSR count). The van der Waals surface area contributed by atoms with Crippen molar-refractivity contribution in [1.82, 2.24) is 15.1 Å². The summed E-state index contributed by atoms with van der Waals surface area (Å²) < 4.78 is 6.02. The Morgan fingerprint density at radius 3 is 2.43 bits per heavy atom. The van der Waals surface area contributed by atoms with E-state index < -0.39 is 0 Å². The second-order valence-corrected chi connectivity index (χ2v) is 6.00. The third-order valence-corrected chi connectivity index (χ3v) is 4.73. The smallest absolute Gasteiger partial charge is 0.167 e. The fourth-order valence-corrected chi connectivity index (χ4v) is 2.84. The van der Waals surface area contributed by atoms with Crippen molar-refractivity contribution in [1.29, 1.82) is 0 Å². The van der Waals surface area contributed by atoms with E-state index in [1.165, 1.54) is 0 Å². The molecule has 21 heavy (non-hydrogen) atoms. The first-order valence-corrected chi connectivity index (χ1v) is 7.75. The lowest BCUT2D eigenvalue weighted by Crippen LogP contribution is -1.98. The van der Waals surface area contributed by atoms with E-state index in [1.54, 1.807) is 0 Å². The Morgan fingerprint density at radius 1 is 1.10 bits per heavy atom. The van der Waals surface area contributed by atoms with E-state index in [0.717, 1.165) is 26.1 Å². The van der Waals surface area contributed by atoms with Crippen molar-refractivity contribution < 1.29 is 4.52 Å². The minimum Gasteiger partial charge on any atom is -0.361 e. The average molecular weight is 412 g/mol. The molecule has 0 aliphatic heterocycles. The van der Waals surface area contributed by atoms with Gasteiger partial charge < -0.3 is 4.52 Å². The van der Waals surface area contributed by atoms with Gasteiger partial charge in [-0.05, 0) is 36.4 Å². The maximum Gasteiger partial charge on any atom is 0.167 e. The summed E-state index contributed by atoms with van der Waals surface area (Å²) in [5, 5.41) is 4.38. The number of rotatable bonds is 2. The largest absolute Gasteiger partial charge is 0.361 e. The quantitative estimate of drug-likeness (QED) is 0.454. The van der Waals surface area contributed by atoms with Gasteiger partial charge in [-0.3, -0.25) is 0 Å². The van der Waals surface area contributed by atoms with E-state index in [4.69, 9.17) is 16.1 Å². The molecule has 0 aliphatic rings. The lowest BCUT2D eigenvalue weighted by atomic mass is 10.1. The Kier molecular flexibility index (Phi) is 3.95.